The van der Waals surface area contributed by atoms with E-state index in [0.29, 0.717) is 12.5 Å². The number of hydrogen-bond acceptors (Lipinski definition) is 2. The van der Waals surface area contributed by atoms with Crippen LogP contribution in [-0.2, 0) is 6.42 Å². The highest BCUT2D eigenvalue weighted by atomic mass is 19.3. The van der Waals surface area contributed by atoms with Gasteiger partial charge in [-0.15, -0.1) is 0 Å². The minimum atomic E-state index is -2.60. The fraction of sp³-hybridized carbons (Fsp3) is 0.692. The van der Waals surface area contributed by atoms with E-state index in [2.05, 4.69) is 24.1 Å². The molecule has 1 heterocycles. The molecule has 0 spiro atoms. The molecular formula is C13H22F2N4O. The van der Waals surface area contributed by atoms with Gasteiger partial charge in [0.05, 0.1) is 0 Å². The maximum atomic E-state index is 12.6. The van der Waals surface area contributed by atoms with Crippen LogP contribution in [0.15, 0.2) is 12.4 Å². The number of imidazole rings is 1. The second-order valence-electron chi connectivity index (χ2n) is 4.90. The Morgan fingerprint density at radius 2 is 2.25 bits per heavy atom. The van der Waals surface area contributed by atoms with E-state index >= 15 is 0 Å². The number of hydrogen-bond donors (Lipinski definition) is 1. The van der Waals surface area contributed by atoms with Gasteiger partial charge in [-0.3, -0.25) is 4.57 Å². The van der Waals surface area contributed by atoms with E-state index in [4.69, 9.17) is 0 Å². The third-order valence-corrected chi connectivity index (χ3v) is 3.21. The van der Waals surface area contributed by atoms with Crippen molar-refractivity contribution in [3.05, 3.63) is 18.2 Å². The number of alkyl halides is 2. The summed E-state index contributed by atoms with van der Waals surface area (Å²) in [6.45, 7) is 2.50. The molecule has 1 aromatic heterocycles. The second kappa shape index (κ2) is 7.81. The Kier molecular flexibility index (Phi) is 6.41. The van der Waals surface area contributed by atoms with Crippen molar-refractivity contribution in [1.82, 2.24) is 19.8 Å². The summed E-state index contributed by atoms with van der Waals surface area (Å²) in [6, 6.07) is -0.194. The molecule has 5 nitrogen and oxygen atoms in total. The summed E-state index contributed by atoms with van der Waals surface area (Å²) in [5, 5.41) is 2.71. The van der Waals surface area contributed by atoms with Crippen molar-refractivity contribution in [2.75, 3.05) is 20.1 Å². The van der Waals surface area contributed by atoms with Crippen LogP contribution in [-0.4, -0.2) is 40.6 Å². The molecule has 0 bridgehead atoms. The molecule has 0 saturated heterocycles. The number of nitrogens with zero attached hydrogens (tertiary/aromatic N) is 3. The van der Waals surface area contributed by atoms with Gasteiger partial charge in [-0.05, 0) is 5.92 Å². The van der Waals surface area contributed by atoms with E-state index in [9.17, 15) is 13.6 Å². The Morgan fingerprint density at radius 1 is 1.55 bits per heavy atom. The van der Waals surface area contributed by atoms with Crippen LogP contribution < -0.4 is 5.32 Å². The van der Waals surface area contributed by atoms with Gasteiger partial charge in [0.2, 0.25) is 0 Å². The van der Waals surface area contributed by atoms with Crippen LogP contribution in [0.3, 0.4) is 0 Å². The Balaban J connectivity index is 2.36. The first-order valence-electron chi connectivity index (χ1n) is 6.74. The lowest BCUT2D eigenvalue weighted by molar-refractivity contribution is 0.0670. The Bertz CT molecular complexity index is 422. The molecule has 114 valence electrons. The molecule has 0 saturated carbocycles. The van der Waals surface area contributed by atoms with Crippen molar-refractivity contribution in [3.63, 3.8) is 0 Å². The lowest BCUT2D eigenvalue weighted by atomic mass is 10.1. The van der Waals surface area contributed by atoms with Gasteiger partial charge in [-0.25, -0.2) is 9.78 Å². The number of nitrogens with one attached hydrogen (secondary N) is 1. The van der Waals surface area contributed by atoms with Crippen molar-refractivity contribution >= 4 is 6.03 Å². The number of halogens is 2. The quantitative estimate of drug-likeness (QED) is 0.838. The zero-order valence-electron chi connectivity index (χ0n) is 12.1. The number of carbonyl (C=O) groups is 1. The zero-order chi connectivity index (χ0) is 15.1. The molecule has 0 aliphatic heterocycles. The molecule has 1 N–H and O–H groups in total. The van der Waals surface area contributed by atoms with Crippen LogP contribution >= 0.6 is 0 Å². The minimum Gasteiger partial charge on any atom is -0.338 e. The van der Waals surface area contributed by atoms with Crippen LogP contribution in [0, 0.1) is 5.92 Å². The first kappa shape index (κ1) is 16.4. The zero-order valence-corrected chi connectivity index (χ0v) is 12.1. The highest BCUT2D eigenvalue weighted by Gasteiger charge is 2.13. The average molecular weight is 288 g/mol. The summed E-state index contributed by atoms with van der Waals surface area (Å²) in [5.74, 6) is 0.702. The van der Waals surface area contributed by atoms with Crippen molar-refractivity contribution in [2.45, 2.75) is 33.2 Å². The fourth-order valence-corrected chi connectivity index (χ4v) is 1.81. The number of carbonyl (C=O) groups excluding carboxylic acids is 1. The topological polar surface area (TPSA) is 50.2 Å². The summed E-state index contributed by atoms with van der Waals surface area (Å²) in [4.78, 5) is 17.2. The molecule has 2 amide bonds. The monoisotopic (exact) mass is 288 g/mol. The molecule has 1 atom stereocenters. The molecule has 1 aromatic rings. The van der Waals surface area contributed by atoms with E-state index < -0.39 is 6.55 Å². The largest absolute Gasteiger partial charge is 0.338 e. The SMILES string of the molecule is CCC(C)CN(C)C(=O)NCCc1nccn1C(F)F. The van der Waals surface area contributed by atoms with Crippen LogP contribution in [0.2, 0.25) is 0 Å². The van der Waals surface area contributed by atoms with Gasteiger partial charge in [0.15, 0.2) is 0 Å². The molecule has 1 rings (SSSR count). The molecule has 0 aromatic carbocycles. The molecular weight excluding hydrogens is 266 g/mol. The average Bonchev–Trinajstić information content (AvgIpc) is 2.86. The van der Waals surface area contributed by atoms with Crippen molar-refractivity contribution < 1.29 is 13.6 Å². The van der Waals surface area contributed by atoms with Crippen LogP contribution in [0.1, 0.15) is 32.6 Å². The third-order valence-electron chi connectivity index (χ3n) is 3.21. The van der Waals surface area contributed by atoms with E-state index in [0.717, 1.165) is 11.0 Å². The molecule has 0 aliphatic carbocycles. The van der Waals surface area contributed by atoms with Gasteiger partial charge < -0.3 is 10.2 Å². The van der Waals surface area contributed by atoms with Gasteiger partial charge in [0, 0.05) is 39.0 Å². The molecule has 20 heavy (non-hydrogen) atoms. The smallest absolute Gasteiger partial charge is 0.319 e. The first-order valence-corrected chi connectivity index (χ1v) is 6.74. The summed E-state index contributed by atoms with van der Waals surface area (Å²) < 4.78 is 26.0. The third kappa shape index (κ3) is 4.79. The van der Waals surface area contributed by atoms with Crippen LogP contribution in [0.5, 0.6) is 0 Å². The van der Waals surface area contributed by atoms with Gasteiger partial charge >= 0.3 is 12.6 Å². The normalized spacial score (nSPS) is 12.5. The lowest BCUT2D eigenvalue weighted by Gasteiger charge is -2.21. The molecule has 0 aliphatic rings. The van der Waals surface area contributed by atoms with Gasteiger partial charge in [-0.2, -0.15) is 8.78 Å². The summed E-state index contributed by atoms with van der Waals surface area (Å²) in [7, 11) is 1.72. The Morgan fingerprint density at radius 3 is 2.85 bits per heavy atom. The maximum absolute atomic E-state index is 12.6. The van der Waals surface area contributed by atoms with Crippen molar-refractivity contribution in [1.29, 1.82) is 0 Å². The summed E-state index contributed by atoms with van der Waals surface area (Å²) in [6.07, 6.45) is 3.85. The Labute approximate surface area is 118 Å². The Hall–Kier alpha value is -1.66. The van der Waals surface area contributed by atoms with E-state index in [1.165, 1.54) is 12.4 Å². The minimum absolute atomic E-state index is 0.194. The van der Waals surface area contributed by atoms with E-state index in [-0.39, 0.29) is 24.8 Å². The number of aromatic nitrogens is 2. The summed E-state index contributed by atoms with van der Waals surface area (Å²) in [5.41, 5.74) is 0. The van der Waals surface area contributed by atoms with Gasteiger partial charge in [0.1, 0.15) is 5.82 Å². The molecule has 0 fully saturated rings. The predicted molar refractivity (Wildman–Crippen MR) is 72.7 cm³/mol. The predicted octanol–water partition coefficient (Wildman–Crippen LogP) is 2.51. The standard InChI is InChI=1S/C13H22F2N4O/c1-4-10(2)9-18(3)13(20)17-6-5-11-16-7-8-19(11)12(14)15/h7-8,10,12H,4-6,9H2,1-3H3,(H,17,20). The van der Waals surface area contributed by atoms with Crippen LogP contribution in [0.4, 0.5) is 13.6 Å². The highest BCUT2D eigenvalue weighted by Crippen LogP contribution is 2.12. The number of rotatable bonds is 7. The van der Waals surface area contributed by atoms with E-state index in [1.54, 1.807) is 11.9 Å². The highest BCUT2D eigenvalue weighted by molar-refractivity contribution is 5.73. The van der Waals surface area contributed by atoms with E-state index in [1.807, 2.05) is 0 Å². The van der Waals surface area contributed by atoms with Crippen LogP contribution in [0.25, 0.3) is 0 Å². The van der Waals surface area contributed by atoms with Crippen molar-refractivity contribution in [2.24, 2.45) is 5.92 Å². The lowest BCUT2D eigenvalue weighted by Crippen LogP contribution is -2.40. The van der Waals surface area contributed by atoms with Crippen molar-refractivity contribution in [3.8, 4) is 0 Å². The first-order chi connectivity index (χ1) is 9.45. The fourth-order valence-electron chi connectivity index (χ4n) is 1.81. The number of amides is 2. The summed E-state index contributed by atoms with van der Waals surface area (Å²) >= 11 is 0. The second-order valence-corrected chi connectivity index (χ2v) is 4.90. The molecule has 0 radical (unpaired) electrons. The maximum Gasteiger partial charge on any atom is 0.319 e. The van der Waals surface area contributed by atoms with Gasteiger partial charge in [-0.1, -0.05) is 20.3 Å². The van der Waals surface area contributed by atoms with Gasteiger partial charge in [0.25, 0.3) is 0 Å². The number of urea groups is 1. The molecule has 1 unspecified atom stereocenters. The molecule has 7 heteroatoms.